The number of rotatable bonds is 8. The van der Waals surface area contributed by atoms with E-state index in [-0.39, 0.29) is 11.1 Å². The van der Waals surface area contributed by atoms with Gasteiger partial charge in [0.15, 0.2) is 0 Å². The summed E-state index contributed by atoms with van der Waals surface area (Å²) in [7, 11) is -2.81. The van der Waals surface area contributed by atoms with Gasteiger partial charge in [-0.3, -0.25) is 14.3 Å². The molecule has 7 nitrogen and oxygen atoms in total. The lowest BCUT2D eigenvalue weighted by Crippen LogP contribution is -2.67. The summed E-state index contributed by atoms with van der Waals surface area (Å²) >= 11 is 8.50. The summed E-state index contributed by atoms with van der Waals surface area (Å²) in [5.41, 5.74) is -0.432. The van der Waals surface area contributed by atoms with Crippen LogP contribution in [0.2, 0.25) is 5.04 Å². The molecule has 2 aromatic carbocycles. The van der Waals surface area contributed by atoms with Gasteiger partial charge < -0.3 is 13.7 Å². The minimum atomic E-state index is -2.81. The maximum atomic E-state index is 12.8. The minimum Gasteiger partial charge on any atom is -0.405 e. The predicted molar refractivity (Wildman–Crippen MR) is 174 cm³/mol. The normalized spacial score (nSPS) is 23.0. The highest BCUT2D eigenvalue weighted by atomic mass is 33.4. The molecule has 2 saturated heterocycles. The molecule has 12 heteroatoms. The van der Waals surface area contributed by atoms with Gasteiger partial charge >= 0.3 is 5.69 Å². The van der Waals surface area contributed by atoms with Crippen LogP contribution < -0.4 is 21.6 Å². The Bertz CT molecular complexity index is 1390. The van der Waals surface area contributed by atoms with Gasteiger partial charge in [-0.2, -0.15) is 0 Å². The molecule has 2 fully saturated rings. The first kappa shape index (κ1) is 30.2. The molecule has 0 aliphatic carbocycles. The van der Waals surface area contributed by atoms with Crippen molar-refractivity contribution in [3.63, 3.8) is 0 Å². The second-order valence-corrected chi connectivity index (χ2v) is 26.5. The molecule has 2 aliphatic rings. The van der Waals surface area contributed by atoms with E-state index in [4.69, 9.17) is 25.9 Å². The molecular formula is C28H36N2O5PS3Si. The van der Waals surface area contributed by atoms with Gasteiger partial charge in [0.2, 0.25) is 0 Å². The lowest BCUT2D eigenvalue weighted by molar-refractivity contribution is -0.0373. The zero-order valence-corrected chi connectivity index (χ0v) is 27.5. The van der Waals surface area contributed by atoms with Crippen LogP contribution in [0.15, 0.2) is 76.4 Å². The van der Waals surface area contributed by atoms with E-state index in [1.54, 1.807) is 35.9 Å². The van der Waals surface area contributed by atoms with Crippen LogP contribution in [0.1, 0.15) is 39.0 Å². The SMILES string of the molecule is Cc1cn([C@H]2C[C@H](O[P]3(S)SCCS3)[C@@H](CO[Si](c3ccccc3)(c3ccccc3)C(C)(C)C)O2)c(=O)[nH]c1=O. The second-order valence-electron chi connectivity index (χ2n) is 11.1. The summed E-state index contributed by atoms with van der Waals surface area (Å²) in [6.45, 7) is 8.71. The fraction of sp³-hybridized carbons (Fsp3) is 0.429. The first-order chi connectivity index (χ1) is 19.0. The molecule has 215 valence electrons. The number of hydrogen-bond acceptors (Lipinski definition) is 8. The van der Waals surface area contributed by atoms with Crippen molar-refractivity contribution in [2.24, 2.45) is 0 Å². The highest BCUT2D eigenvalue weighted by Gasteiger charge is 2.52. The quantitative estimate of drug-likeness (QED) is 0.201. The molecule has 0 spiro atoms. The Labute approximate surface area is 250 Å². The van der Waals surface area contributed by atoms with Gasteiger partial charge in [0.05, 0.1) is 12.7 Å². The molecular weight excluding hydrogens is 600 g/mol. The third-order valence-electron chi connectivity index (χ3n) is 7.38. The van der Waals surface area contributed by atoms with E-state index in [0.717, 1.165) is 11.5 Å². The second kappa shape index (κ2) is 12.1. The number of aryl methyl sites for hydroxylation is 1. The summed E-state index contributed by atoms with van der Waals surface area (Å²) in [6, 6.07) is 21.0. The number of aromatic amines is 1. The van der Waals surface area contributed by atoms with Crippen molar-refractivity contribution >= 4 is 58.8 Å². The largest absolute Gasteiger partial charge is 0.405 e. The zero-order chi connectivity index (χ0) is 28.5. The molecule has 2 aliphatic heterocycles. The summed E-state index contributed by atoms with van der Waals surface area (Å²) < 4.78 is 21.9. The highest BCUT2D eigenvalue weighted by molar-refractivity contribution is 9.15. The van der Waals surface area contributed by atoms with E-state index >= 15 is 0 Å². The third kappa shape index (κ3) is 6.08. The number of benzene rings is 2. The Hall–Kier alpha value is -1.30. The van der Waals surface area contributed by atoms with E-state index in [0.29, 0.717) is 18.6 Å². The van der Waals surface area contributed by atoms with Crippen LogP contribution in [0.25, 0.3) is 0 Å². The molecule has 0 bridgehead atoms. The Kier molecular flexibility index (Phi) is 9.15. The van der Waals surface area contributed by atoms with E-state index < -0.39 is 37.0 Å². The van der Waals surface area contributed by atoms with Crippen LogP contribution in [0.3, 0.4) is 0 Å². The van der Waals surface area contributed by atoms with Crippen molar-refractivity contribution in [1.29, 1.82) is 0 Å². The molecule has 3 atom stereocenters. The minimum absolute atomic E-state index is 0.189. The van der Waals surface area contributed by atoms with E-state index in [1.165, 1.54) is 14.9 Å². The third-order valence-corrected chi connectivity index (χ3v) is 22.4. The number of nitrogens with one attached hydrogen (secondary N) is 1. The number of hydrogen-bond donors (Lipinski definition) is 2. The lowest BCUT2D eigenvalue weighted by Gasteiger charge is -2.43. The van der Waals surface area contributed by atoms with Gasteiger partial charge in [-0.05, 0) is 22.3 Å². The molecule has 3 heterocycles. The Morgan fingerprint density at radius 1 is 1.05 bits per heavy atom. The maximum Gasteiger partial charge on any atom is 0.330 e. The maximum absolute atomic E-state index is 12.8. The van der Waals surface area contributed by atoms with Gasteiger partial charge in [0.1, 0.15) is 17.4 Å². The molecule has 1 aromatic heterocycles. The first-order valence-corrected chi connectivity index (χ1v) is 21.3. The standard InChI is InChI=1S/C28H36N2O5PS3Si/c1-20-18-30(27(32)29-26(20)31)25-17-23(35-36(37)38-15-16-39-36)24(34-25)19-33-40(28(2,3)4,21-11-7-5-8-12-21)22-13-9-6-10-14-22/h5-14,18,23-25,37H,15-17,19H2,1-4H3,(H,29,31,32)/t23-,24+,25+/m0/s1. The topological polar surface area (TPSA) is 82.6 Å². The van der Waals surface area contributed by atoms with Crippen molar-refractivity contribution in [2.75, 3.05) is 18.1 Å². The number of H-pyrrole nitrogens is 1. The van der Waals surface area contributed by atoms with Crippen LogP contribution in [-0.2, 0) is 13.7 Å². The number of ether oxygens (including phenoxy) is 1. The molecule has 0 saturated carbocycles. The van der Waals surface area contributed by atoms with Crippen LogP contribution in [0.5, 0.6) is 0 Å². The van der Waals surface area contributed by atoms with Gasteiger partial charge in [0, 0.05) is 29.7 Å². The van der Waals surface area contributed by atoms with Crippen molar-refractivity contribution < 1.29 is 13.7 Å². The summed E-state index contributed by atoms with van der Waals surface area (Å²) in [5.74, 6) is 2.00. The van der Waals surface area contributed by atoms with Crippen molar-refractivity contribution in [3.05, 3.63) is 93.3 Å². The van der Waals surface area contributed by atoms with E-state index in [1.807, 2.05) is 12.1 Å². The fourth-order valence-corrected chi connectivity index (χ4v) is 19.7. The molecule has 1 N–H and O–H groups in total. The Morgan fingerprint density at radius 3 is 2.17 bits per heavy atom. The van der Waals surface area contributed by atoms with Crippen LogP contribution in [-0.4, -0.2) is 48.2 Å². The van der Waals surface area contributed by atoms with Crippen LogP contribution >= 0.6 is 40.1 Å². The summed E-state index contributed by atoms with van der Waals surface area (Å²) in [5, 5.41) is 0.179. The van der Waals surface area contributed by atoms with E-state index in [2.05, 4.69) is 74.3 Å². The van der Waals surface area contributed by atoms with Crippen molar-refractivity contribution in [3.8, 4) is 0 Å². The van der Waals surface area contributed by atoms with Gasteiger partial charge in [0.25, 0.3) is 13.9 Å². The predicted octanol–water partition coefficient (Wildman–Crippen LogP) is 5.18. The molecule has 1 radical (unpaired) electrons. The van der Waals surface area contributed by atoms with Gasteiger partial charge in [-0.25, -0.2) is 4.79 Å². The summed E-state index contributed by atoms with van der Waals surface area (Å²) in [4.78, 5) is 27.2. The molecule has 40 heavy (non-hydrogen) atoms. The number of nitrogens with zero attached hydrogens (tertiary/aromatic N) is 1. The zero-order valence-electron chi connectivity index (χ0n) is 23.1. The molecule has 0 amide bonds. The number of aromatic nitrogens is 2. The Morgan fingerprint density at radius 2 is 1.62 bits per heavy atom. The van der Waals surface area contributed by atoms with Crippen molar-refractivity contribution in [1.82, 2.24) is 9.55 Å². The Balaban J connectivity index is 1.51. The highest BCUT2D eigenvalue weighted by Crippen LogP contribution is 2.87. The average molecular weight is 636 g/mol. The van der Waals surface area contributed by atoms with Crippen LogP contribution in [0, 0.1) is 6.92 Å². The number of thiol groups is 1. The lowest BCUT2D eigenvalue weighted by atomic mass is 10.2. The first-order valence-electron chi connectivity index (χ1n) is 13.3. The molecule has 0 unspecified atom stereocenters. The molecule has 5 rings (SSSR count). The average Bonchev–Trinajstić information content (AvgIpc) is 3.53. The summed E-state index contributed by atoms with van der Waals surface area (Å²) in [6.07, 6.45) is 0.712. The fourth-order valence-electron chi connectivity index (χ4n) is 5.48. The van der Waals surface area contributed by atoms with Gasteiger partial charge in [-0.15, -0.1) is 12.2 Å². The van der Waals surface area contributed by atoms with Crippen molar-refractivity contribution in [2.45, 2.75) is 57.6 Å². The monoisotopic (exact) mass is 635 g/mol. The smallest absolute Gasteiger partial charge is 0.330 e. The van der Waals surface area contributed by atoms with Gasteiger partial charge in [-0.1, -0.05) is 104 Å². The molecule has 3 aromatic rings. The van der Waals surface area contributed by atoms with Crippen LogP contribution in [0.4, 0.5) is 0 Å². The van der Waals surface area contributed by atoms with E-state index in [9.17, 15) is 9.59 Å².